The summed E-state index contributed by atoms with van der Waals surface area (Å²) in [5, 5.41) is 38.0. The van der Waals surface area contributed by atoms with E-state index in [1.54, 1.807) is 71.8 Å². The molecule has 3 aromatic carbocycles. The van der Waals surface area contributed by atoms with E-state index in [9.17, 15) is 21.0 Å². The first-order chi connectivity index (χ1) is 19.4. The van der Waals surface area contributed by atoms with E-state index in [4.69, 9.17) is 23.1 Å². The predicted molar refractivity (Wildman–Crippen MR) is 146 cm³/mol. The van der Waals surface area contributed by atoms with Gasteiger partial charge in [-0.05, 0) is 35.4 Å². The molecule has 40 heavy (non-hydrogen) atoms. The fraction of sp³-hybridized carbons (Fsp3) is 0.0667. The highest BCUT2D eigenvalue weighted by Gasteiger charge is 2.26. The van der Waals surface area contributed by atoms with Crippen LogP contribution in [0.1, 0.15) is 11.1 Å². The summed E-state index contributed by atoms with van der Waals surface area (Å²) in [6.07, 6.45) is 0. The monoisotopic (exact) mass is 514 g/mol. The van der Waals surface area contributed by atoms with Crippen molar-refractivity contribution in [3.8, 4) is 46.5 Å². The van der Waals surface area contributed by atoms with Gasteiger partial charge in [-0.3, -0.25) is 0 Å². The van der Waals surface area contributed by atoms with Gasteiger partial charge in [0.05, 0.1) is 45.3 Å². The van der Waals surface area contributed by atoms with Gasteiger partial charge in [0.2, 0.25) is 5.48 Å². The van der Waals surface area contributed by atoms with E-state index in [-0.39, 0.29) is 22.4 Å². The number of fused-ring (bicyclic) bond motifs is 2. The maximum absolute atomic E-state index is 9.66. The second kappa shape index (κ2) is 9.63. The summed E-state index contributed by atoms with van der Waals surface area (Å²) < 4.78 is 3.31. The average Bonchev–Trinajstić information content (AvgIpc) is 3.50. The third-order valence-corrected chi connectivity index (χ3v) is 6.60. The Labute approximate surface area is 227 Å². The van der Waals surface area contributed by atoms with Gasteiger partial charge < -0.3 is 9.13 Å². The number of nitriles is 4. The third kappa shape index (κ3) is 3.60. The van der Waals surface area contributed by atoms with Crippen LogP contribution in [0.15, 0.2) is 48.5 Å². The Morgan fingerprint density at radius 1 is 0.675 bits per heavy atom. The number of hydrogen-bond donors (Lipinski definition) is 0. The molecule has 5 rings (SSSR count). The fourth-order valence-corrected chi connectivity index (χ4v) is 4.79. The summed E-state index contributed by atoms with van der Waals surface area (Å²) in [7, 11) is 3.40. The Hall–Kier alpha value is -6.72. The van der Waals surface area contributed by atoms with Crippen LogP contribution in [-0.4, -0.2) is 19.1 Å². The van der Waals surface area contributed by atoms with Crippen LogP contribution >= 0.6 is 0 Å². The molecular weight excluding hydrogens is 500 g/mol. The van der Waals surface area contributed by atoms with Crippen molar-refractivity contribution in [3.63, 3.8) is 0 Å². The Morgan fingerprint density at radius 3 is 1.45 bits per heavy atom. The van der Waals surface area contributed by atoms with Crippen LogP contribution < -0.4 is 11.0 Å². The molecule has 0 atom stereocenters. The molecule has 0 aliphatic heterocycles. The third-order valence-electron chi connectivity index (χ3n) is 6.60. The number of rotatable bonds is 2. The van der Waals surface area contributed by atoms with Crippen molar-refractivity contribution in [2.75, 3.05) is 0 Å². The van der Waals surface area contributed by atoms with E-state index in [1.807, 2.05) is 12.1 Å². The first kappa shape index (κ1) is 25.0. The summed E-state index contributed by atoms with van der Waals surface area (Å²) >= 11 is 0. The Bertz CT molecular complexity index is 2080. The van der Waals surface area contributed by atoms with E-state index < -0.39 is 0 Å². The van der Waals surface area contributed by atoms with Crippen molar-refractivity contribution in [1.29, 1.82) is 21.0 Å². The lowest BCUT2D eigenvalue weighted by atomic mass is 9.94. The van der Waals surface area contributed by atoms with E-state index >= 15 is 0 Å². The van der Waals surface area contributed by atoms with Crippen LogP contribution in [-0.2, 0) is 14.1 Å². The highest BCUT2D eigenvalue weighted by Crippen LogP contribution is 2.41. The summed E-state index contributed by atoms with van der Waals surface area (Å²) in [6.45, 7) is 15.1. The highest BCUT2D eigenvalue weighted by atomic mass is 15.1. The quantitative estimate of drug-likeness (QED) is 0.330. The van der Waals surface area contributed by atoms with E-state index in [2.05, 4.69) is 21.8 Å². The molecule has 0 fully saturated rings. The van der Waals surface area contributed by atoms with Gasteiger partial charge in [0.25, 0.3) is 0 Å². The van der Waals surface area contributed by atoms with Gasteiger partial charge in [-0.2, -0.15) is 30.7 Å². The molecule has 0 bridgehead atoms. The summed E-state index contributed by atoms with van der Waals surface area (Å²) in [4.78, 5) is 16.3. The Balaban J connectivity index is 2.16. The number of hydrogen-bond acceptors (Lipinski definition) is 6. The molecule has 184 valence electrons. The summed E-state index contributed by atoms with van der Waals surface area (Å²) in [5.74, 6) is -0.211. The van der Waals surface area contributed by atoms with Gasteiger partial charge in [-0.15, -0.1) is 0 Å². The number of aromatic nitrogens is 4. The first-order valence-corrected chi connectivity index (χ1v) is 11.6. The van der Waals surface area contributed by atoms with Gasteiger partial charge >= 0.3 is 5.82 Å². The smallest absolute Gasteiger partial charge is 0.329 e. The van der Waals surface area contributed by atoms with E-state index in [1.165, 1.54) is 0 Å². The lowest BCUT2D eigenvalue weighted by molar-refractivity contribution is 0.895. The molecular formula is C30H14N10. The van der Waals surface area contributed by atoms with Crippen LogP contribution in [0.5, 0.6) is 0 Å². The van der Waals surface area contributed by atoms with Crippen LogP contribution in [0.4, 0.5) is 0 Å². The zero-order valence-corrected chi connectivity index (χ0v) is 21.1. The standard InChI is InChI=1S/C30H14N10/c1-35-28(36-2)30-38-25-23(20-11-7-18(14-32)8-12-20)26-24(37-29(39(26)3)21(15-33)16-34)22(27(25)40(30)4)19-9-5-17(13-31)6-10-19/h5-12H,3-4H3. The molecule has 10 nitrogen and oxygen atoms in total. The summed E-state index contributed by atoms with van der Waals surface area (Å²) in [5.41, 5.74) is 5.67. The number of imidazole rings is 2. The molecule has 0 saturated carbocycles. The minimum Gasteiger partial charge on any atom is -0.329 e. The van der Waals surface area contributed by atoms with E-state index in [0.29, 0.717) is 55.4 Å². The Kier molecular flexibility index (Phi) is 6.00. The number of aryl methyl sites for hydroxylation is 2. The molecule has 0 spiro atoms. The van der Waals surface area contributed by atoms with Crippen molar-refractivity contribution in [2.24, 2.45) is 14.1 Å². The van der Waals surface area contributed by atoms with Crippen LogP contribution in [0.3, 0.4) is 0 Å². The molecule has 10 heteroatoms. The SMILES string of the molecule is [C-]#[N+]C([N+]#[C-])=c1nc2c(-c3ccc(C#N)cc3)c3c(nc(=C(C#N)C#N)n3C)c(-c3ccc(C#N)cc3)c2n1C. The normalized spacial score (nSPS) is 10.1. The van der Waals surface area contributed by atoms with Gasteiger partial charge in [-0.25, -0.2) is 9.97 Å². The predicted octanol–water partition coefficient (Wildman–Crippen LogP) is 3.64. The van der Waals surface area contributed by atoms with Crippen LogP contribution in [0.25, 0.3) is 65.4 Å². The van der Waals surface area contributed by atoms with Crippen molar-refractivity contribution in [3.05, 3.63) is 93.5 Å². The maximum Gasteiger partial charge on any atom is 0.562 e. The topological polar surface area (TPSA) is 140 Å². The van der Waals surface area contributed by atoms with Crippen molar-refractivity contribution < 1.29 is 0 Å². The minimum atomic E-state index is -0.211. The van der Waals surface area contributed by atoms with Crippen molar-refractivity contribution in [2.45, 2.75) is 0 Å². The van der Waals surface area contributed by atoms with Gasteiger partial charge in [0.15, 0.2) is 11.1 Å². The zero-order chi connectivity index (χ0) is 28.6. The van der Waals surface area contributed by atoms with E-state index in [0.717, 1.165) is 0 Å². The Morgan fingerprint density at radius 2 is 1.07 bits per heavy atom. The van der Waals surface area contributed by atoms with Crippen molar-refractivity contribution >= 4 is 33.5 Å². The second-order valence-electron chi connectivity index (χ2n) is 8.66. The molecule has 0 N–H and O–H groups in total. The molecule has 0 aliphatic carbocycles. The zero-order valence-electron chi connectivity index (χ0n) is 21.1. The molecule has 5 aromatic rings. The molecule has 0 aliphatic rings. The van der Waals surface area contributed by atoms with Crippen LogP contribution in [0.2, 0.25) is 0 Å². The number of benzene rings is 3. The molecule has 0 unspecified atom stereocenters. The molecule has 0 radical (unpaired) electrons. The molecule has 0 saturated heterocycles. The van der Waals surface area contributed by atoms with Gasteiger partial charge in [-0.1, -0.05) is 24.3 Å². The molecule has 2 aromatic heterocycles. The average molecular weight is 515 g/mol. The lowest BCUT2D eigenvalue weighted by Gasteiger charge is -2.13. The molecule has 0 amide bonds. The highest BCUT2D eigenvalue weighted by molar-refractivity contribution is 6.17. The molecule has 2 heterocycles. The van der Waals surface area contributed by atoms with Gasteiger partial charge in [0.1, 0.15) is 25.3 Å². The lowest BCUT2D eigenvalue weighted by Crippen LogP contribution is -2.18. The fourth-order valence-electron chi connectivity index (χ4n) is 4.79. The minimum absolute atomic E-state index is 0.162. The first-order valence-electron chi connectivity index (χ1n) is 11.6. The number of nitrogens with zero attached hydrogens (tertiary/aromatic N) is 10. The van der Waals surface area contributed by atoms with Crippen molar-refractivity contribution in [1.82, 2.24) is 19.1 Å². The maximum atomic E-state index is 9.66. The second-order valence-corrected chi connectivity index (χ2v) is 8.66. The largest absolute Gasteiger partial charge is 0.562 e. The van der Waals surface area contributed by atoms with Gasteiger partial charge in [0, 0.05) is 25.2 Å². The van der Waals surface area contributed by atoms with Crippen LogP contribution in [0, 0.1) is 58.5 Å². The summed E-state index contributed by atoms with van der Waals surface area (Å²) in [6, 6.07) is 21.8.